The van der Waals surface area contributed by atoms with E-state index in [1.807, 2.05) is 0 Å². The molecule has 1 aromatic rings. The van der Waals surface area contributed by atoms with Gasteiger partial charge in [-0.1, -0.05) is 0 Å². The summed E-state index contributed by atoms with van der Waals surface area (Å²) in [5.74, 6) is 0. The number of alkyl halides is 1. The van der Waals surface area contributed by atoms with E-state index in [-0.39, 0.29) is 11.4 Å². The van der Waals surface area contributed by atoms with E-state index >= 15 is 0 Å². The summed E-state index contributed by atoms with van der Waals surface area (Å²) in [5, 5.41) is 10.1. The van der Waals surface area contributed by atoms with Crippen LogP contribution in [0, 0.1) is 17.0 Å². The fraction of sp³-hybridized carbons (Fsp3) is 0.250. The van der Waals surface area contributed by atoms with E-state index in [1.54, 1.807) is 6.92 Å². The van der Waals surface area contributed by atoms with E-state index in [2.05, 4.69) is 20.7 Å². The van der Waals surface area contributed by atoms with Crippen LogP contribution in [0.25, 0.3) is 0 Å². The van der Waals surface area contributed by atoms with Crippen molar-refractivity contribution in [2.45, 2.75) is 6.92 Å². The Hall–Kier alpha value is -0.860. The highest BCUT2D eigenvalue weighted by molar-refractivity contribution is 9.10. The lowest BCUT2D eigenvalue weighted by Gasteiger charge is -2.08. The monoisotopic (exact) mass is 342 g/mol. The van der Waals surface area contributed by atoms with Crippen LogP contribution >= 0.6 is 27.5 Å². The van der Waals surface area contributed by atoms with Crippen LogP contribution in [-0.4, -0.2) is 18.6 Å². The van der Waals surface area contributed by atoms with Crippen LogP contribution in [-0.2, 0) is 10.0 Å². The number of benzene rings is 1. The second kappa shape index (κ2) is 5.19. The predicted octanol–water partition coefficient (Wildman–Crippen LogP) is 2.60. The average Bonchev–Trinajstić information content (AvgIpc) is 2.21. The zero-order valence-corrected chi connectivity index (χ0v) is 11.8. The molecule has 0 aromatic heterocycles. The van der Waals surface area contributed by atoms with E-state index in [0.717, 1.165) is 6.07 Å². The zero-order chi connectivity index (χ0) is 13.2. The van der Waals surface area contributed by atoms with Gasteiger partial charge in [-0.2, -0.15) is 0 Å². The van der Waals surface area contributed by atoms with Crippen LogP contribution in [0.3, 0.4) is 0 Å². The molecule has 0 heterocycles. The number of aryl methyl sites for hydroxylation is 1. The van der Waals surface area contributed by atoms with Crippen molar-refractivity contribution in [3.8, 4) is 0 Å². The molecule has 0 radical (unpaired) electrons. The van der Waals surface area contributed by atoms with E-state index in [0.29, 0.717) is 10.0 Å². The molecule has 17 heavy (non-hydrogen) atoms. The third-order valence-electron chi connectivity index (χ3n) is 1.89. The van der Waals surface area contributed by atoms with Crippen LogP contribution < -0.4 is 4.72 Å². The Morgan fingerprint density at radius 1 is 1.53 bits per heavy atom. The first-order chi connectivity index (χ1) is 7.76. The van der Waals surface area contributed by atoms with Gasteiger partial charge in [0.25, 0.3) is 5.69 Å². The van der Waals surface area contributed by atoms with Crippen molar-refractivity contribution in [1.82, 2.24) is 0 Å². The number of nitrogens with zero attached hydrogens (tertiary/aromatic N) is 1. The van der Waals surface area contributed by atoms with Crippen molar-refractivity contribution >= 4 is 48.9 Å². The van der Waals surface area contributed by atoms with Gasteiger partial charge in [0.15, 0.2) is 0 Å². The molecule has 0 amide bonds. The van der Waals surface area contributed by atoms with Crippen molar-refractivity contribution in [3.05, 3.63) is 32.3 Å². The lowest BCUT2D eigenvalue weighted by molar-refractivity contribution is -0.385. The Morgan fingerprint density at radius 3 is 2.59 bits per heavy atom. The molecule has 0 aliphatic carbocycles. The Labute approximate surface area is 111 Å². The molecule has 0 aliphatic rings. The van der Waals surface area contributed by atoms with Gasteiger partial charge in [-0.25, -0.2) is 8.42 Å². The second-order valence-electron chi connectivity index (χ2n) is 3.20. The number of hydrogen-bond acceptors (Lipinski definition) is 4. The minimum atomic E-state index is -3.69. The number of nitrogens with one attached hydrogen (secondary N) is 1. The van der Waals surface area contributed by atoms with Crippen LogP contribution in [0.15, 0.2) is 16.6 Å². The first-order valence-corrected chi connectivity index (χ1v) is 7.26. The fourth-order valence-electron chi connectivity index (χ4n) is 1.13. The van der Waals surface area contributed by atoms with E-state index in [4.69, 9.17) is 11.6 Å². The van der Waals surface area contributed by atoms with Gasteiger partial charge < -0.3 is 0 Å². The highest BCUT2D eigenvalue weighted by atomic mass is 79.9. The smallest absolute Gasteiger partial charge is 0.274 e. The summed E-state index contributed by atoms with van der Waals surface area (Å²) in [6.45, 7) is 1.56. The molecule has 0 spiro atoms. The predicted molar refractivity (Wildman–Crippen MR) is 68.8 cm³/mol. The Balaban J connectivity index is 3.26. The fourth-order valence-corrected chi connectivity index (χ4v) is 2.54. The minimum absolute atomic E-state index is 0.0861. The van der Waals surface area contributed by atoms with Gasteiger partial charge in [-0.15, -0.1) is 11.6 Å². The summed E-state index contributed by atoms with van der Waals surface area (Å²) in [5.41, 5.74) is 0.346. The van der Waals surface area contributed by atoms with E-state index in [9.17, 15) is 18.5 Å². The van der Waals surface area contributed by atoms with Crippen LogP contribution in [0.5, 0.6) is 0 Å². The molecule has 1 rings (SSSR count). The van der Waals surface area contributed by atoms with Gasteiger partial charge >= 0.3 is 0 Å². The zero-order valence-electron chi connectivity index (χ0n) is 8.61. The van der Waals surface area contributed by atoms with Gasteiger partial charge in [-0.05, 0) is 28.9 Å². The number of halogens is 2. The third kappa shape index (κ3) is 3.55. The van der Waals surface area contributed by atoms with Crippen molar-refractivity contribution < 1.29 is 13.3 Å². The molecule has 6 nitrogen and oxygen atoms in total. The lowest BCUT2D eigenvalue weighted by Crippen LogP contribution is -2.14. The van der Waals surface area contributed by atoms with Crippen LogP contribution in [0.2, 0.25) is 0 Å². The van der Waals surface area contributed by atoms with E-state index < -0.39 is 20.2 Å². The van der Waals surface area contributed by atoms with Crippen molar-refractivity contribution in [2.24, 2.45) is 0 Å². The van der Waals surface area contributed by atoms with E-state index in [1.165, 1.54) is 6.07 Å². The van der Waals surface area contributed by atoms with Crippen LogP contribution in [0.4, 0.5) is 11.4 Å². The van der Waals surface area contributed by atoms with Gasteiger partial charge in [0.05, 0.1) is 10.6 Å². The normalized spacial score (nSPS) is 11.2. The van der Waals surface area contributed by atoms with Crippen molar-refractivity contribution in [2.75, 3.05) is 9.93 Å². The number of nitro groups is 1. The quantitative estimate of drug-likeness (QED) is 0.517. The minimum Gasteiger partial charge on any atom is -0.281 e. The van der Waals surface area contributed by atoms with Gasteiger partial charge in [-0.3, -0.25) is 14.8 Å². The molecule has 0 bridgehead atoms. The molecule has 0 saturated heterocycles. The highest BCUT2D eigenvalue weighted by Gasteiger charge is 2.17. The molecule has 0 saturated carbocycles. The summed E-state index contributed by atoms with van der Waals surface area (Å²) in [7, 11) is -3.69. The molecule has 1 aromatic carbocycles. The lowest BCUT2D eigenvalue weighted by atomic mass is 10.2. The summed E-state index contributed by atoms with van der Waals surface area (Å²) >= 11 is 8.35. The molecular weight excluding hydrogens is 336 g/mol. The first-order valence-electron chi connectivity index (χ1n) is 4.28. The summed E-state index contributed by atoms with van der Waals surface area (Å²) in [6.07, 6.45) is 0. The maximum absolute atomic E-state index is 11.3. The number of rotatable bonds is 4. The van der Waals surface area contributed by atoms with Gasteiger partial charge in [0.1, 0.15) is 5.21 Å². The molecule has 0 atom stereocenters. The molecule has 0 unspecified atom stereocenters. The maximum atomic E-state index is 11.3. The number of sulfonamides is 1. The van der Waals surface area contributed by atoms with Crippen molar-refractivity contribution in [1.29, 1.82) is 0 Å². The van der Waals surface area contributed by atoms with Crippen LogP contribution in [0.1, 0.15) is 5.56 Å². The molecule has 0 fully saturated rings. The number of nitro benzene ring substituents is 1. The largest absolute Gasteiger partial charge is 0.281 e. The van der Waals surface area contributed by atoms with Gasteiger partial charge in [0, 0.05) is 16.1 Å². The Morgan fingerprint density at radius 2 is 2.12 bits per heavy atom. The molecule has 94 valence electrons. The Bertz CT molecular complexity index is 561. The molecule has 9 heteroatoms. The molecule has 1 N–H and O–H groups in total. The summed E-state index contributed by atoms with van der Waals surface area (Å²) in [4.78, 5) is 10.1. The summed E-state index contributed by atoms with van der Waals surface area (Å²) in [6, 6.07) is 2.60. The second-order valence-corrected chi connectivity index (χ2v) is 6.36. The van der Waals surface area contributed by atoms with Crippen molar-refractivity contribution in [3.63, 3.8) is 0 Å². The summed E-state index contributed by atoms with van der Waals surface area (Å²) < 4.78 is 25.1. The average molecular weight is 344 g/mol. The number of anilines is 1. The maximum Gasteiger partial charge on any atom is 0.274 e. The molecule has 0 aliphatic heterocycles. The molecular formula is C8H8BrClN2O4S. The standard InChI is InChI=1S/C8H8BrClN2O4S/c1-5-2-6(9)7(3-8(5)12(13)14)11-17(15,16)4-10/h2-3,11H,4H2,1H3. The SMILES string of the molecule is Cc1cc(Br)c(NS(=O)(=O)CCl)cc1[N+](=O)[O-]. The topological polar surface area (TPSA) is 89.3 Å². The first kappa shape index (κ1) is 14.2. The Kier molecular flexibility index (Phi) is 4.34. The third-order valence-corrected chi connectivity index (χ3v) is 4.23. The highest BCUT2D eigenvalue weighted by Crippen LogP contribution is 2.31. The van der Waals surface area contributed by atoms with Gasteiger partial charge in [0.2, 0.25) is 10.0 Å². The number of hydrogen-bond donors (Lipinski definition) is 1.